The number of likely N-dealkylation sites (N-methyl/N-ethyl adjacent to an activating group) is 1. The Labute approximate surface area is 126 Å². The van der Waals surface area contributed by atoms with Crippen molar-refractivity contribution in [1.82, 2.24) is 4.90 Å². The maximum atomic E-state index is 6.05. The van der Waals surface area contributed by atoms with E-state index in [0.29, 0.717) is 6.54 Å². The first-order chi connectivity index (χ1) is 9.52. The minimum absolute atomic E-state index is 0.274. The predicted octanol–water partition coefficient (Wildman–Crippen LogP) is 3.81. The van der Waals surface area contributed by atoms with Gasteiger partial charge in [0.15, 0.2) is 0 Å². The van der Waals surface area contributed by atoms with Crippen LogP contribution in [0.2, 0.25) is 0 Å². The first-order valence-corrected chi connectivity index (χ1v) is 7.91. The average Bonchev–Trinajstić information content (AvgIpc) is 2.89. The zero-order valence-corrected chi connectivity index (χ0v) is 13.6. The van der Waals surface area contributed by atoms with E-state index >= 15 is 0 Å². The van der Waals surface area contributed by atoms with Crippen molar-refractivity contribution >= 4 is 11.3 Å². The second kappa shape index (κ2) is 6.53. The van der Waals surface area contributed by atoms with Gasteiger partial charge < -0.3 is 5.73 Å². The Kier molecular flexibility index (Phi) is 4.97. The average molecular weight is 288 g/mol. The highest BCUT2D eigenvalue weighted by molar-refractivity contribution is 7.09. The van der Waals surface area contributed by atoms with Crippen LogP contribution in [0, 0.1) is 20.8 Å². The molecular formula is C17H24N2S. The molecule has 1 unspecified atom stereocenters. The fraction of sp³-hybridized carbons (Fsp3) is 0.412. The van der Waals surface area contributed by atoms with E-state index in [1.165, 1.54) is 27.1 Å². The van der Waals surface area contributed by atoms with Crippen LogP contribution in [0.5, 0.6) is 0 Å². The van der Waals surface area contributed by atoms with Crippen LogP contribution in [0.15, 0.2) is 29.6 Å². The molecule has 0 aliphatic carbocycles. The van der Waals surface area contributed by atoms with Crippen molar-refractivity contribution in [3.63, 3.8) is 0 Å². The van der Waals surface area contributed by atoms with E-state index in [1.807, 2.05) is 0 Å². The highest BCUT2D eigenvalue weighted by Crippen LogP contribution is 2.26. The van der Waals surface area contributed by atoms with Gasteiger partial charge in [0.2, 0.25) is 0 Å². The van der Waals surface area contributed by atoms with Gasteiger partial charge in [0.1, 0.15) is 0 Å². The highest BCUT2D eigenvalue weighted by Gasteiger charge is 2.18. The number of nitrogens with two attached hydrogens (primary N) is 1. The topological polar surface area (TPSA) is 29.3 Å². The van der Waals surface area contributed by atoms with Crippen LogP contribution < -0.4 is 5.73 Å². The second-order valence-electron chi connectivity index (χ2n) is 5.54. The van der Waals surface area contributed by atoms with Crippen LogP contribution >= 0.6 is 11.3 Å². The first kappa shape index (κ1) is 15.2. The maximum absolute atomic E-state index is 6.05. The zero-order valence-electron chi connectivity index (χ0n) is 12.8. The third kappa shape index (κ3) is 3.29. The second-order valence-corrected chi connectivity index (χ2v) is 6.57. The van der Waals surface area contributed by atoms with E-state index in [4.69, 9.17) is 5.73 Å². The van der Waals surface area contributed by atoms with E-state index in [1.54, 1.807) is 11.3 Å². The third-order valence-electron chi connectivity index (χ3n) is 3.98. The zero-order chi connectivity index (χ0) is 14.7. The van der Waals surface area contributed by atoms with Crippen molar-refractivity contribution in [3.8, 4) is 0 Å². The fourth-order valence-corrected chi connectivity index (χ4v) is 3.41. The molecule has 0 saturated carbocycles. The smallest absolute Gasteiger partial charge is 0.0474 e. The molecule has 108 valence electrons. The standard InChI is InChI=1S/C17H24N2S/c1-12-8-14(3)16(9-13(12)2)17(10-18)19(4)11-15-6-5-7-20-15/h5-9,17H,10-11,18H2,1-4H3. The van der Waals surface area contributed by atoms with Crippen LogP contribution in [0.3, 0.4) is 0 Å². The van der Waals surface area contributed by atoms with Crippen LogP contribution in [0.1, 0.15) is 33.2 Å². The van der Waals surface area contributed by atoms with Gasteiger partial charge in [-0.05, 0) is 61.5 Å². The number of hydrogen-bond donors (Lipinski definition) is 1. The predicted molar refractivity (Wildman–Crippen MR) is 88.2 cm³/mol. The SMILES string of the molecule is Cc1cc(C)c(C(CN)N(C)Cc2cccs2)cc1C. The summed E-state index contributed by atoms with van der Waals surface area (Å²) in [5.41, 5.74) is 11.4. The lowest BCUT2D eigenvalue weighted by Crippen LogP contribution is -2.30. The number of nitrogens with zero attached hydrogens (tertiary/aromatic N) is 1. The molecule has 1 aromatic heterocycles. The maximum Gasteiger partial charge on any atom is 0.0474 e. The Balaban J connectivity index is 2.25. The lowest BCUT2D eigenvalue weighted by Gasteiger charge is -2.29. The number of benzene rings is 1. The molecule has 0 spiro atoms. The molecule has 0 radical (unpaired) electrons. The molecule has 0 bridgehead atoms. The van der Waals surface area contributed by atoms with Crippen LogP contribution in [0.25, 0.3) is 0 Å². The lowest BCUT2D eigenvalue weighted by molar-refractivity contribution is 0.243. The quantitative estimate of drug-likeness (QED) is 0.906. The van der Waals surface area contributed by atoms with E-state index in [-0.39, 0.29) is 6.04 Å². The van der Waals surface area contributed by atoms with Crippen molar-refractivity contribution in [2.75, 3.05) is 13.6 Å². The normalized spacial score (nSPS) is 12.9. The summed E-state index contributed by atoms with van der Waals surface area (Å²) < 4.78 is 0. The van der Waals surface area contributed by atoms with E-state index in [0.717, 1.165) is 6.54 Å². The Morgan fingerprint density at radius 3 is 2.45 bits per heavy atom. The Morgan fingerprint density at radius 1 is 1.15 bits per heavy atom. The molecule has 2 N–H and O–H groups in total. The van der Waals surface area contributed by atoms with E-state index < -0.39 is 0 Å². The first-order valence-electron chi connectivity index (χ1n) is 7.03. The van der Waals surface area contributed by atoms with Gasteiger partial charge in [0, 0.05) is 24.0 Å². The van der Waals surface area contributed by atoms with Gasteiger partial charge in [0.05, 0.1) is 0 Å². The molecule has 1 heterocycles. The van der Waals surface area contributed by atoms with E-state index in [9.17, 15) is 0 Å². The molecular weight excluding hydrogens is 264 g/mol. The molecule has 0 aliphatic heterocycles. The van der Waals surface area contributed by atoms with Gasteiger partial charge in [-0.15, -0.1) is 11.3 Å². The summed E-state index contributed by atoms with van der Waals surface area (Å²) in [5, 5.41) is 2.13. The van der Waals surface area contributed by atoms with Crippen molar-refractivity contribution < 1.29 is 0 Å². The highest BCUT2D eigenvalue weighted by atomic mass is 32.1. The number of hydrogen-bond acceptors (Lipinski definition) is 3. The van der Waals surface area contributed by atoms with Gasteiger partial charge >= 0.3 is 0 Å². The summed E-state index contributed by atoms with van der Waals surface area (Å²) in [7, 11) is 2.16. The Bertz CT molecular complexity index is 561. The molecule has 2 nitrogen and oxygen atoms in total. The van der Waals surface area contributed by atoms with Crippen molar-refractivity contribution in [2.24, 2.45) is 5.73 Å². The van der Waals surface area contributed by atoms with Gasteiger partial charge in [-0.2, -0.15) is 0 Å². The monoisotopic (exact) mass is 288 g/mol. The molecule has 20 heavy (non-hydrogen) atoms. The summed E-state index contributed by atoms with van der Waals surface area (Å²) >= 11 is 1.80. The molecule has 2 rings (SSSR count). The number of thiophene rings is 1. The minimum atomic E-state index is 0.274. The molecule has 2 aromatic rings. The summed E-state index contributed by atoms with van der Waals surface area (Å²) in [6, 6.07) is 9.13. The summed E-state index contributed by atoms with van der Waals surface area (Å²) in [4.78, 5) is 3.73. The number of aryl methyl sites for hydroxylation is 3. The van der Waals surface area contributed by atoms with Crippen LogP contribution in [-0.2, 0) is 6.54 Å². The molecule has 1 atom stereocenters. The van der Waals surface area contributed by atoms with Crippen LogP contribution in [-0.4, -0.2) is 18.5 Å². The molecule has 0 fully saturated rings. The fourth-order valence-electron chi connectivity index (χ4n) is 2.64. The van der Waals surface area contributed by atoms with E-state index in [2.05, 4.69) is 62.4 Å². The summed E-state index contributed by atoms with van der Waals surface area (Å²) in [6.45, 7) is 8.12. The van der Waals surface area contributed by atoms with Crippen molar-refractivity contribution in [3.05, 3.63) is 56.8 Å². The van der Waals surface area contributed by atoms with Gasteiger partial charge in [0.25, 0.3) is 0 Å². The lowest BCUT2D eigenvalue weighted by atomic mass is 9.95. The van der Waals surface area contributed by atoms with Crippen molar-refractivity contribution in [2.45, 2.75) is 33.4 Å². The van der Waals surface area contributed by atoms with Crippen molar-refractivity contribution in [1.29, 1.82) is 0 Å². The Hall–Kier alpha value is -1.16. The van der Waals surface area contributed by atoms with Gasteiger partial charge in [-0.1, -0.05) is 18.2 Å². The molecule has 0 saturated heterocycles. The van der Waals surface area contributed by atoms with Gasteiger partial charge in [-0.3, -0.25) is 4.90 Å². The molecule has 3 heteroatoms. The summed E-state index contributed by atoms with van der Waals surface area (Å²) in [6.07, 6.45) is 0. The summed E-state index contributed by atoms with van der Waals surface area (Å²) in [5.74, 6) is 0. The molecule has 1 aromatic carbocycles. The molecule has 0 amide bonds. The number of rotatable bonds is 5. The van der Waals surface area contributed by atoms with Gasteiger partial charge in [-0.25, -0.2) is 0 Å². The Morgan fingerprint density at radius 2 is 1.85 bits per heavy atom. The van der Waals surface area contributed by atoms with Crippen LogP contribution in [0.4, 0.5) is 0 Å². The largest absolute Gasteiger partial charge is 0.329 e. The third-order valence-corrected chi connectivity index (χ3v) is 4.84. The minimum Gasteiger partial charge on any atom is -0.329 e. The molecule has 0 aliphatic rings.